The molecule has 15 heavy (non-hydrogen) atoms. The number of nitrogens with zero attached hydrogens (tertiary/aromatic N) is 3. The molecule has 6 heteroatoms. The van der Waals surface area contributed by atoms with Crippen molar-refractivity contribution < 1.29 is 5.11 Å². The zero-order valence-electron chi connectivity index (χ0n) is 7.56. The molecule has 78 valence electrons. The standard InChI is InChI=1S/C9H7Cl2N3O/c10-6-1-7(11)3-8(2-6)14-5-12-13-9(14)4-15/h1-3,5,15H,4H2. The van der Waals surface area contributed by atoms with E-state index in [0.29, 0.717) is 15.9 Å². The van der Waals surface area contributed by atoms with Gasteiger partial charge in [0.1, 0.15) is 12.9 Å². The van der Waals surface area contributed by atoms with Crippen molar-refractivity contribution >= 4 is 23.2 Å². The Hall–Kier alpha value is -1.10. The van der Waals surface area contributed by atoms with E-state index in [1.165, 1.54) is 6.33 Å². The molecule has 0 atom stereocenters. The Balaban J connectivity index is 2.53. The molecule has 1 aromatic carbocycles. The van der Waals surface area contributed by atoms with Crippen LogP contribution in [0.1, 0.15) is 5.82 Å². The van der Waals surface area contributed by atoms with E-state index in [0.717, 1.165) is 5.69 Å². The van der Waals surface area contributed by atoms with E-state index in [9.17, 15) is 0 Å². The molecule has 0 bridgehead atoms. The van der Waals surface area contributed by atoms with E-state index in [2.05, 4.69) is 10.2 Å². The highest BCUT2D eigenvalue weighted by atomic mass is 35.5. The largest absolute Gasteiger partial charge is 0.388 e. The van der Waals surface area contributed by atoms with E-state index >= 15 is 0 Å². The second-order valence-electron chi connectivity index (χ2n) is 2.90. The molecule has 0 amide bonds. The van der Waals surface area contributed by atoms with Crippen LogP contribution in [0.15, 0.2) is 24.5 Å². The van der Waals surface area contributed by atoms with Gasteiger partial charge in [-0.15, -0.1) is 10.2 Å². The zero-order valence-corrected chi connectivity index (χ0v) is 9.07. The smallest absolute Gasteiger partial charge is 0.163 e. The van der Waals surface area contributed by atoms with E-state index in [1.54, 1.807) is 22.8 Å². The third-order valence-electron chi connectivity index (χ3n) is 1.89. The molecule has 0 unspecified atom stereocenters. The van der Waals surface area contributed by atoms with Crippen LogP contribution in [0.25, 0.3) is 5.69 Å². The molecule has 0 fully saturated rings. The van der Waals surface area contributed by atoms with Crippen molar-refractivity contribution in [2.24, 2.45) is 0 Å². The number of rotatable bonds is 2. The number of hydrogen-bond acceptors (Lipinski definition) is 3. The van der Waals surface area contributed by atoms with E-state index < -0.39 is 0 Å². The van der Waals surface area contributed by atoms with E-state index in [-0.39, 0.29) is 6.61 Å². The summed E-state index contributed by atoms with van der Waals surface area (Å²) in [5, 5.41) is 17.5. The molecule has 1 heterocycles. The summed E-state index contributed by atoms with van der Waals surface area (Å²) in [5.74, 6) is 0.438. The Labute approximate surface area is 96.1 Å². The van der Waals surface area contributed by atoms with E-state index in [4.69, 9.17) is 28.3 Å². The van der Waals surface area contributed by atoms with Crippen LogP contribution in [0, 0.1) is 0 Å². The lowest BCUT2D eigenvalue weighted by Gasteiger charge is -2.05. The summed E-state index contributed by atoms with van der Waals surface area (Å²) in [5.41, 5.74) is 0.724. The van der Waals surface area contributed by atoms with Crippen molar-refractivity contribution in [3.8, 4) is 5.69 Å². The number of aliphatic hydroxyl groups excluding tert-OH is 1. The molecule has 0 radical (unpaired) electrons. The first kappa shape index (κ1) is 10.4. The molecule has 2 rings (SSSR count). The number of benzene rings is 1. The highest BCUT2D eigenvalue weighted by Crippen LogP contribution is 2.22. The minimum absolute atomic E-state index is 0.190. The predicted molar refractivity (Wildman–Crippen MR) is 57.3 cm³/mol. The predicted octanol–water partition coefficient (Wildman–Crippen LogP) is 2.07. The zero-order chi connectivity index (χ0) is 10.8. The minimum Gasteiger partial charge on any atom is -0.388 e. The average molecular weight is 244 g/mol. The average Bonchev–Trinajstić information content (AvgIpc) is 2.63. The van der Waals surface area contributed by atoms with Crippen LogP contribution in [0.2, 0.25) is 10.0 Å². The van der Waals surface area contributed by atoms with Gasteiger partial charge < -0.3 is 5.11 Å². The minimum atomic E-state index is -0.190. The Kier molecular flexibility index (Phi) is 2.90. The summed E-state index contributed by atoms with van der Waals surface area (Å²) >= 11 is 11.7. The highest BCUT2D eigenvalue weighted by Gasteiger charge is 2.06. The lowest BCUT2D eigenvalue weighted by atomic mass is 10.3. The van der Waals surface area contributed by atoms with Gasteiger partial charge >= 0.3 is 0 Å². The summed E-state index contributed by atoms with van der Waals surface area (Å²) in [6.07, 6.45) is 1.49. The third kappa shape index (κ3) is 2.12. The molecule has 0 aliphatic carbocycles. The second kappa shape index (κ2) is 4.18. The number of aliphatic hydroxyl groups is 1. The molecule has 1 aromatic heterocycles. The molecular weight excluding hydrogens is 237 g/mol. The molecule has 0 saturated heterocycles. The maximum atomic E-state index is 9.02. The second-order valence-corrected chi connectivity index (χ2v) is 3.78. The topological polar surface area (TPSA) is 50.9 Å². The molecule has 1 N–H and O–H groups in total. The van der Waals surface area contributed by atoms with Crippen LogP contribution in [0.3, 0.4) is 0 Å². The van der Waals surface area contributed by atoms with Crippen LogP contribution in [0.4, 0.5) is 0 Å². The summed E-state index contributed by atoms with van der Waals surface area (Å²) in [7, 11) is 0. The van der Waals surface area contributed by atoms with Crippen LogP contribution in [-0.2, 0) is 6.61 Å². The SMILES string of the molecule is OCc1nncn1-c1cc(Cl)cc(Cl)c1. The number of aromatic nitrogens is 3. The van der Waals surface area contributed by atoms with Gasteiger partial charge in [0.05, 0.1) is 5.69 Å². The van der Waals surface area contributed by atoms with Crippen LogP contribution >= 0.6 is 23.2 Å². The molecule has 0 aliphatic rings. The molecule has 0 spiro atoms. The molecule has 0 saturated carbocycles. The van der Waals surface area contributed by atoms with Gasteiger partial charge in [-0.25, -0.2) is 0 Å². The maximum Gasteiger partial charge on any atom is 0.163 e. The van der Waals surface area contributed by atoms with E-state index in [1.807, 2.05) is 0 Å². The van der Waals surface area contributed by atoms with Crippen molar-refractivity contribution in [2.75, 3.05) is 0 Å². The van der Waals surface area contributed by atoms with Crippen molar-refractivity contribution in [3.05, 3.63) is 40.4 Å². The fourth-order valence-corrected chi connectivity index (χ4v) is 1.78. The van der Waals surface area contributed by atoms with Crippen molar-refractivity contribution in [1.82, 2.24) is 14.8 Å². The fourth-order valence-electron chi connectivity index (χ4n) is 1.26. The molecule has 2 aromatic rings. The maximum absolute atomic E-state index is 9.02. The third-order valence-corrected chi connectivity index (χ3v) is 2.32. The van der Waals surface area contributed by atoms with Crippen molar-refractivity contribution in [3.63, 3.8) is 0 Å². The quantitative estimate of drug-likeness (QED) is 0.879. The van der Waals surface area contributed by atoms with Gasteiger partial charge in [0.2, 0.25) is 0 Å². The monoisotopic (exact) mass is 243 g/mol. The Bertz CT molecular complexity index is 464. The summed E-state index contributed by atoms with van der Waals surface area (Å²) in [4.78, 5) is 0. The first-order valence-electron chi connectivity index (χ1n) is 4.17. The first-order valence-corrected chi connectivity index (χ1v) is 4.92. The van der Waals surface area contributed by atoms with Crippen LogP contribution < -0.4 is 0 Å². The Morgan fingerprint density at radius 1 is 1.20 bits per heavy atom. The van der Waals surface area contributed by atoms with Gasteiger partial charge in [-0.3, -0.25) is 4.57 Å². The highest BCUT2D eigenvalue weighted by molar-refractivity contribution is 6.34. The van der Waals surface area contributed by atoms with Gasteiger partial charge in [0, 0.05) is 10.0 Å². The van der Waals surface area contributed by atoms with Gasteiger partial charge in [-0.05, 0) is 18.2 Å². The van der Waals surface area contributed by atoms with Crippen molar-refractivity contribution in [2.45, 2.75) is 6.61 Å². The van der Waals surface area contributed by atoms with Gasteiger partial charge in [-0.2, -0.15) is 0 Å². The van der Waals surface area contributed by atoms with Crippen LogP contribution in [0.5, 0.6) is 0 Å². The lowest BCUT2D eigenvalue weighted by Crippen LogP contribution is -1.99. The Morgan fingerprint density at radius 3 is 2.47 bits per heavy atom. The fraction of sp³-hybridized carbons (Fsp3) is 0.111. The van der Waals surface area contributed by atoms with Gasteiger partial charge in [0.15, 0.2) is 5.82 Å². The summed E-state index contributed by atoms with van der Waals surface area (Å²) < 4.78 is 1.62. The molecule has 0 aliphatic heterocycles. The van der Waals surface area contributed by atoms with Gasteiger partial charge in [-0.1, -0.05) is 23.2 Å². The normalized spacial score (nSPS) is 10.6. The Morgan fingerprint density at radius 2 is 1.87 bits per heavy atom. The first-order chi connectivity index (χ1) is 7.20. The molecule has 4 nitrogen and oxygen atoms in total. The number of halogens is 2. The van der Waals surface area contributed by atoms with Crippen LogP contribution in [-0.4, -0.2) is 19.9 Å². The number of hydrogen-bond donors (Lipinski definition) is 1. The van der Waals surface area contributed by atoms with Crippen molar-refractivity contribution in [1.29, 1.82) is 0 Å². The summed E-state index contributed by atoms with van der Waals surface area (Å²) in [6.45, 7) is -0.190. The summed E-state index contributed by atoms with van der Waals surface area (Å²) in [6, 6.07) is 5.07. The molecular formula is C9H7Cl2N3O. The lowest BCUT2D eigenvalue weighted by molar-refractivity contribution is 0.269. The van der Waals surface area contributed by atoms with Gasteiger partial charge in [0.25, 0.3) is 0 Å².